The van der Waals surface area contributed by atoms with Gasteiger partial charge in [0.15, 0.2) is 0 Å². The summed E-state index contributed by atoms with van der Waals surface area (Å²) in [5.41, 5.74) is 1.93. The highest BCUT2D eigenvalue weighted by Gasteiger charge is 2.41. The van der Waals surface area contributed by atoms with Crippen LogP contribution in [0.4, 0.5) is 5.82 Å². The molecule has 2 fully saturated rings. The van der Waals surface area contributed by atoms with Crippen molar-refractivity contribution in [3.05, 3.63) is 47.9 Å². The normalized spacial score (nSPS) is 22.0. The van der Waals surface area contributed by atoms with E-state index < -0.39 is 0 Å². The lowest BCUT2D eigenvalue weighted by Crippen LogP contribution is -2.51. The maximum atomic E-state index is 13.4. The Morgan fingerprint density at radius 3 is 2.77 bits per heavy atom. The Bertz CT molecular complexity index is 1160. The molecule has 0 aliphatic carbocycles. The van der Waals surface area contributed by atoms with Crippen molar-refractivity contribution in [3.8, 4) is 5.75 Å². The number of amides is 2. The first kappa shape index (κ1) is 28.3. The summed E-state index contributed by atoms with van der Waals surface area (Å²) >= 11 is 0. The van der Waals surface area contributed by atoms with Crippen molar-refractivity contribution < 1.29 is 14.3 Å². The van der Waals surface area contributed by atoms with E-state index in [-0.39, 0.29) is 17.2 Å². The number of likely N-dealkylation sites (tertiary alicyclic amines) is 2. The fourth-order valence-corrected chi connectivity index (χ4v) is 6.43. The van der Waals surface area contributed by atoms with Crippen LogP contribution in [0.2, 0.25) is 0 Å². The number of piperidine rings is 1. The fourth-order valence-electron chi connectivity index (χ4n) is 6.43. The summed E-state index contributed by atoms with van der Waals surface area (Å²) in [4.78, 5) is 41.6. The molecule has 1 spiro atoms. The smallest absolute Gasteiger partial charge is 0.236 e. The highest BCUT2D eigenvalue weighted by atomic mass is 16.5. The van der Waals surface area contributed by atoms with Crippen LogP contribution in [0.5, 0.6) is 5.75 Å². The van der Waals surface area contributed by atoms with Gasteiger partial charge in [-0.3, -0.25) is 14.5 Å². The first-order chi connectivity index (χ1) is 19.4. The highest BCUT2D eigenvalue weighted by molar-refractivity contribution is 5.83. The molecular weight excluding hydrogens is 504 g/mol. The van der Waals surface area contributed by atoms with E-state index in [9.17, 15) is 9.59 Å². The topological polar surface area (TPSA) is 90.9 Å². The number of hydrogen-bond donors (Lipinski definition) is 1. The molecule has 2 amide bonds. The van der Waals surface area contributed by atoms with E-state index in [0.717, 1.165) is 94.8 Å². The summed E-state index contributed by atoms with van der Waals surface area (Å²) < 4.78 is 5.98. The van der Waals surface area contributed by atoms with E-state index in [1.54, 1.807) is 6.33 Å². The second-order valence-corrected chi connectivity index (χ2v) is 11.9. The molecule has 2 saturated heterocycles. The quantitative estimate of drug-likeness (QED) is 0.615. The molecule has 1 aromatic heterocycles. The molecule has 5 rings (SSSR count). The molecule has 0 saturated carbocycles. The van der Waals surface area contributed by atoms with Crippen LogP contribution in [0, 0.1) is 11.3 Å². The molecule has 1 atom stereocenters. The number of nitrogens with one attached hydrogen (secondary N) is 1. The van der Waals surface area contributed by atoms with Crippen LogP contribution in [0.1, 0.15) is 49.8 Å². The van der Waals surface area contributed by atoms with Gasteiger partial charge in [-0.1, -0.05) is 24.6 Å². The van der Waals surface area contributed by atoms with Crippen LogP contribution in [0.3, 0.4) is 0 Å². The summed E-state index contributed by atoms with van der Waals surface area (Å²) in [5.74, 6) is 2.62. The second kappa shape index (κ2) is 13.0. The number of hydrogen-bond acceptors (Lipinski definition) is 7. The van der Waals surface area contributed by atoms with Gasteiger partial charge in [-0.05, 0) is 75.6 Å². The van der Waals surface area contributed by atoms with E-state index in [1.165, 1.54) is 5.56 Å². The molecule has 9 heteroatoms. The number of ether oxygens (including phenoxy) is 1. The Hall–Kier alpha value is -3.20. The van der Waals surface area contributed by atoms with Crippen LogP contribution in [-0.4, -0.2) is 91.6 Å². The van der Waals surface area contributed by atoms with Crippen LogP contribution >= 0.6 is 0 Å². The van der Waals surface area contributed by atoms with Crippen molar-refractivity contribution in [1.82, 2.24) is 25.1 Å². The van der Waals surface area contributed by atoms with Crippen molar-refractivity contribution in [2.45, 2.75) is 51.4 Å². The average molecular weight is 549 g/mol. The van der Waals surface area contributed by atoms with Crippen LogP contribution < -0.4 is 15.0 Å². The zero-order chi connectivity index (χ0) is 28.0. The molecule has 3 aliphatic rings. The Labute approximate surface area is 238 Å². The number of rotatable bonds is 5. The van der Waals surface area contributed by atoms with Crippen LogP contribution in [0.15, 0.2) is 36.7 Å². The largest absolute Gasteiger partial charge is 0.491 e. The van der Waals surface area contributed by atoms with Crippen molar-refractivity contribution in [3.63, 3.8) is 0 Å². The van der Waals surface area contributed by atoms with Gasteiger partial charge in [0.1, 0.15) is 24.5 Å². The third-order valence-electron chi connectivity index (χ3n) is 8.93. The summed E-state index contributed by atoms with van der Waals surface area (Å²) in [6, 6.07) is 10.3. The number of para-hydroxylation sites is 1. The van der Waals surface area contributed by atoms with Gasteiger partial charge in [0, 0.05) is 38.9 Å². The van der Waals surface area contributed by atoms with E-state index in [2.05, 4.69) is 32.3 Å². The lowest BCUT2D eigenvalue weighted by molar-refractivity contribution is -0.136. The van der Waals surface area contributed by atoms with E-state index >= 15 is 0 Å². The van der Waals surface area contributed by atoms with Gasteiger partial charge in [0.25, 0.3) is 0 Å². The summed E-state index contributed by atoms with van der Waals surface area (Å²) in [5, 5.41) is 3.16. The Kier molecular flexibility index (Phi) is 9.19. The number of nitrogens with zero attached hydrogens (tertiary/aromatic N) is 5. The highest BCUT2D eigenvalue weighted by Crippen LogP contribution is 2.38. The SMILES string of the molecule is CN(C)c1cc(CC2CCN(C(=O)CN3CCC4(CCCCc5ccccc5OCCNC4=O)CC3)C2)ncn1. The molecule has 4 heterocycles. The average Bonchev–Trinajstić information content (AvgIpc) is 3.43. The summed E-state index contributed by atoms with van der Waals surface area (Å²) in [6.45, 7) is 4.58. The molecule has 0 bridgehead atoms. The zero-order valence-corrected chi connectivity index (χ0v) is 24.1. The van der Waals surface area contributed by atoms with Gasteiger partial charge in [0.2, 0.25) is 11.8 Å². The van der Waals surface area contributed by atoms with Crippen molar-refractivity contribution in [1.29, 1.82) is 0 Å². The number of anilines is 1. The molecule has 0 radical (unpaired) electrons. The van der Waals surface area contributed by atoms with Crippen LogP contribution in [0.25, 0.3) is 0 Å². The third kappa shape index (κ3) is 6.92. The second-order valence-electron chi connectivity index (χ2n) is 11.9. The van der Waals surface area contributed by atoms with Gasteiger partial charge < -0.3 is 19.9 Å². The molecular formula is C31H44N6O3. The number of fused-ring (bicyclic) bond motifs is 1. The maximum Gasteiger partial charge on any atom is 0.236 e. The summed E-state index contributed by atoms with van der Waals surface area (Å²) in [6.07, 6.45) is 9.02. The van der Waals surface area contributed by atoms with Gasteiger partial charge in [0.05, 0.1) is 18.5 Å². The van der Waals surface area contributed by atoms with Crippen molar-refractivity contribution >= 4 is 17.6 Å². The minimum Gasteiger partial charge on any atom is -0.491 e. The Balaban J connectivity index is 1.10. The van der Waals surface area contributed by atoms with Crippen LogP contribution in [-0.2, 0) is 22.4 Å². The first-order valence-corrected chi connectivity index (χ1v) is 14.9. The van der Waals surface area contributed by atoms with Gasteiger partial charge in [-0.2, -0.15) is 0 Å². The van der Waals surface area contributed by atoms with Gasteiger partial charge >= 0.3 is 0 Å². The Morgan fingerprint density at radius 1 is 1.12 bits per heavy atom. The van der Waals surface area contributed by atoms with Crippen molar-refractivity contribution in [2.24, 2.45) is 11.3 Å². The lowest BCUT2D eigenvalue weighted by Gasteiger charge is -2.41. The molecule has 1 N–H and O–H groups in total. The van der Waals surface area contributed by atoms with E-state index in [1.807, 2.05) is 42.1 Å². The molecule has 9 nitrogen and oxygen atoms in total. The predicted molar refractivity (Wildman–Crippen MR) is 155 cm³/mol. The Morgan fingerprint density at radius 2 is 1.95 bits per heavy atom. The number of carbonyl (C=O) groups is 2. The molecule has 1 unspecified atom stereocenters. The zero-order valence-electron chi connectivity index (χ0n) is 24.1. The molecule has 3 aliphatic heterocycles. The van der Waals surface area contributed by atoms with Gasteiger partial charge in [-0.15, -0.1) is 0 Å². The summed E-state index contributed by atoms with van der Waals surface area (Å²) in [7, 11) is 3.96. The monoisotopic (exact) mass is 548 g/mol. The lowest BCUT2D eigenvalue weighted by atomic mass is 9.73. The van der Waals surface area contributed by atoms with Crippen molar-refractivity contribution in [2.75, 3.05) is 64.9 Å². The number of aromatic nitrogens is 2. The number of carbonyl (C=O) groups excluding carboxylic acids is 2. The molecule has 1 aromatic carbocycles. The predicted octanol–water partition coefficient (Wildman–Crippen LogP) is 2.94. The van der Waals surface area contributed by atoms with E-state index in [4.69, 9.17) is 4.74 Å². The molecule has 40 heavy (non-hydrogen) atoms. The molecule has 216 valence electrons. The minimum atomic E-state index is -0.347. The third-order valence-corrected chi connectivity index (χ3v) is 8.93. The maximum absolute atomic E-state index is 13.4. The standard InChI is InChI=1S/C31H44N6O3/c1-35(2)28-20-26(33-23-34-28)19-24-10-15-37(21-24)29(38)22-36-16-12-31(13-17-36)11-6-5-8-25-7-3-4-9-27(25)40-18-14-32-30(31)39/h3-4,7,9,20,23-24H,5-6,8,10-19,21-22H2,1-2H3,(H,32,39). The first-order valence-electron chi connectivity index (χ1n) is 14.9. The fraction of sp³-hybridized carbons (Fsp3) is 0.613. The number of aryl methyl sites for hydroxylation is 1. The number of benzene rings is 1. The minimum absolute atomic E-state index is 0.153. The molecule has 2 aromatic rings. The van der Waals surface area contributed by atoms with E-state index in [0.29, 0.717) is 25.6 Å². The van der Waals surface area contributed by atoms with Gasteiger partial charge in [-0.25, -0.2) is 9.97 Å².